The van der Waals surface area contributed by atoms with Gasteiger partial charge >= 0.3 is 0 Å². The van der Waals surface area contributed by atoms with E-state index in [2.05, 4.69) is 17.6 Å². The van der Waals surface area contributed by atoms with Gasteiger partial charge in [-0.2, -0.15) is 0 Å². The molecule has 1 aliphatic rings. The lowest BCUT2D eigenvalue weighted by molar-refractivity contribution is -0.115. The van der Waals surface area contributed by atoms with Crippen LogP contribution in [-0.4, -0.2) is 18.5 Å². The van der Waals surface area contributed by atoms with Crippen molar-refractivity contribution in [2.45, 2.75) is 45.6 Å². The minimum atomic E-state index is 0.0486. The summed E-state index contributed by atoms with van der Waals surface area (Å²) in [5, 5.41) is 6.34. The molecule has 0 saturated heterocycles. The highest BCUT2D eigenvalue weighted by molar-refractivity contribution is 5.92. The third kappa shape index (κ3) is 4.35. The van der Waals surface area contributed by atoms with Crippen molar-refractivity contribution >= 4 is 11.6 Å². The number of carbonyl (C=O) groups excluding carboxylic acids is 1. The van der Waals surface area contributed by atoms with Crippen LogP contribution < -0.4 is 10.6 Å². The number of hydrogen-bond donors (Lipinski definition) is 2. The molecule has 1 aromatic rings. The molecule has 0 aliphatic heterocycles. The predicted molar refractivity (Wildman–Crippen MR) is 79.2 cm³/mol. The maximum atomic E-state index is 11.9. The van der Waals surface area contributed by atoms with E-state index < -0.39 is 0 Å². The summed E-state index contributed by atoms with van der Waals surface area (Å²) >= 11 is 0. The van der Waals surface area contributed by atoms with Crippen molar-refractivity contribution in [1.82, 2.24) is 5.32 Å². The SMILES string of the molecule is Cc1ccccc1NC(=O)CNC1CCCC(C)C1. The van der Waals surface area contributed by atoms with Crippen LogP contribution in [0.15, 0.2) is 24.3 Å². The highest BCUT2D eigenvalue weighted by Crippen LogP contribution is 2.23. The first-order chi connectivity index (χ1) is 9.15. The molecule has 1 aromatic carbocycles. The minimum Gasteiger partial charge on any atom is -0.325 e. The number of para-hydroxylation sites is 1. The van der Waals surface area contributed by atoms with Gasteiger partial charge in [-0.15, -0.1) is 0 Å². The molecular weight excluding hydrogens is 236 g/mol. The van der Waals surface area contributed by atoms with Crippen molar-refractivity contribution in [3.63, 3.8) is 0 Å². The van der Waals surface area contributed by atoms with E-state index in [0.717, 1.165) is 17.2 Å². The number of aryl methyl sites for hydroxylation is 1. The van der Waals surface area contributed by atoms with Crippen LogP contribution in [0.5, 0.6) is 0 Å². The second-order valence-electron chi connectivity index (χ2n) is 5.71. The zero-order chi connectivity index (χ0) is 13.7. The first-order valence-electron chi connectivity index (χ1n) is 7.24. The van der Waals surface area contributed by atoms with Gasteiger partial charge in [0.25, 0.3) is 0 Å². The highest BCUT2D eigenvalue weighted by Gasteiger charge is 2.18. The van der Waals surface area contributed by atoms with Gasteiger partial charge in [0.15, 0.2) is 0 Å². The summed E-state index contributed by atoms with van der Waals surface area (Å²) in [6, 6.07) is 8.37. The fourth-order valence-electron chi connectivity index (χ4n) is 2.76. The number of carbonyl (C=O) groups is 1. The van der Waals surface area contributed by atoms with Gasteiger partial charge in [-0.3, -0.25) is 4.79 Å². The van der Waals surface area contributed by atoms with Crippen LogP contribution in [0.25, 0.3) is 0 Å². The van der Waals surface area contributed by atoms with Gasteiger partial charge in [-0.05, 0) is 37.3 Å². The summed E-state index contributed by atoms with van der Waals surface area (Å²) in [6.07, 6.45) is 4.99. The second kappa shape index (κ2) is 6.71. The van der Waals surface area contributed by atoms with Crippen LogP contribution in [-0.2, 0) is 4.79 Å². The van der Waals surface area contributed by atoms with Crippen molar-refractivity contribution in [3.05, 3.63) is 29.8 Å². The van der Waals surface area contributed by atoms with Crippen molar-refractivity contribution in [1.29, 1.82) is 0 Å². The molecule has 2 unspecified atom stereocenters. The van der Waals surface area contributed by atoms with Crippen LogP contribution in [0.3, 0.4) is 0 Å². The van der Waals surface area contributed by atoms with E-state index in [4.69, 9.17) is 0 Å². The zero-order valence-corrected chi connectivity index (χ0v) is 11.9. The first-order valence-corrected chi connectivity index (χ1v) is 7.24. The zero-order valence-electron chi connectivity index (χ0n) is 11.9. The molecule has 1 aliphatic carbocycles. The topological polar surface area (TPSA) is 41.1 Å². The number of benzene rings is 1. The van der Waals surface area contributed by atoms with E-state index in [1.54, 1.807) is 0 Å². The molecule has 1 fully saturated rings. The lowest BCUT2D eigenvalue weighted by Gasteiger charge is -2.27. The number of hydrogen-bond acceptors (Lipinski definition) is 2. The molecule has 104 valence electrons. The lowest BCUT2D eigenvalue weighted by Crippen LogP contribution is -2.38. The summed E-state index contributed by atoms with van der Waals surface area (Å²) in [5.41, 5.74) is 2.01. The maximum Gasteiger partial charge on any atom is 0.238 e. The molecule has 3 nitrogen and oxygen atoms in total. The smallest absolute Gasteiger partial charge is 0.238 e. The molecule has 1 saturated carbocycles. The Morgan fingerprint density at radius 3 is 2.84 bits per heavy atom. The van der Waals surface area contributed by atoms with Crippen molar-refractivity contribution in [2.75, 3.05) is 11.9 Å². The molecule has 0 heterocycles. The van der Waals surface area contributed by atoms with Crippen LogP contribution in [0.1, 0.15) is 38.2 Å². The summed E-state index contributed by atoms with van der Waals surface area (Å²) < 4.78 is 0. The van der Waals surface area contributed by atoms with E-state index >= 15 is 0 Å². The number of nitrogens with one attached hydrogen (secondary N) is 2. The summed E-state index contributed by atoms with van der Waals surface area (Å²) in [6.45, 7) is 4.71. The van der Waals surface area contributed by atoms with Crippen LogP contribution in [0.2, 0.25) is 0 Å². The van der Waals surface area contributed by atoms with Crippen LogP contribution >= 0.6 is 0 Å². The van der Waals surface area contributed by atoms with Gasteiger partial charge in [0.2, 0.25) is 5.91 Å². The first kappa shape index (κ1) is 14.1. The predicted octanol–water partition coefficient (Wildman–Crippen LogP) is 3.10. The molecule has 0 bridgehead atoms. The Bertz CT molecular complexity index is 431. The molecule has 19 heavy (non-hydrogen) atoms. The highest BCUT2D eigenvalue weighted by atomic mass is 16.1. The Balaban J connectivity index is 1.77. The van der Waals surface area contributed by atoms with Crippen molar-refractivity contribution in [3.8, 4) is 0 Å². The molecular formula is C16H24N2O. The summed E-state index contributed by atoms with van der Waals surface area (Å²) in [4.78, 5) is 11.9. The average molecular weight is 260 g/mol. The monoisotopic (exact) mass is 260 g/mol. The van der Waals surface area contributed by atoms with E-state index in [1.165, 1.54) is 25.7 Å². The van der Waals surface area contributed by atoms with E-state index in [-0.39, 0.29) is 5.91 Å². The van der Waals surface area contributed by atoms with Gasteiger partial charge in [-0.25, -0.2) is 0 Å². The Kier molecular flexibility index (Phi) is 4.97. The standard InChI is InChI=1S/C16H24N2O/c1-12-6-5-8-14(10-12)17-11-16(19)18-15-9-4-3-7-13(15)2/h3-4,7,9,12,14,17H,5-6,8,10-11H2,1-2H3,(H,18,19). The molecule has 2 N–H and O–H groups in total. The second-order valence-corrected chi connectivity index (χ2v) is 5.71. The van der Waals surface area contributed by atoms with E-state index in [9.17, 15) is 4.79 Å². The Labute approximate surface area is 115 Å². The number of anilines is 1. The van der Waals surface area contributed by atoms with Crippen molar-refractivity contribution < 1.29 is 4.79 Å². The quantitative estimate of drug-likeness (QED) is 0.873. The van der Waals surface area contributed by atoms with E-state index in [0.29, 0.717) is 12.6 Å². The van der Waals surface area contributed by atoms with Gasteiger partial charge in [-0.1, -0.05) is 38.0 Å². The summed E-state index contributed by atoms with van der Waals surface area (Å²) in [5.74, 6) is 0.832. The molecule has 0 aromatic heterocycles. The van der Waals surface area contributed by atoms with Crippen molar-refractivity contribution in [2.24, 2.45) is 5.92 Å². The molecule has 3 heteroatoms. The third-order valence-electron chi connectivity index (χ3n) is 3.91. The normalized spacial score (nSPS) is 23.1. The fourth-order valence-corrected chi connectivity index (χ4v) is 2.76. The Hall–Kier alpha value is -1.35. The van der Waals surface area contributed by atoms with Crippen LogP contribution in [0.4, 0.5) is 5.69 Å². The molecule has 2 rings (SSSR count). The Morgan fingerprint density at radius 1 is 1.32 bits per heavy atom. The lowest BCUT2D eigenvalue weighted by atomic mass is 9.87. The third-order valence-corrected chi connectivity index (χ3v) is 3.91. The fraction of sp³-hybridized carbons (Fsp3) is 0.562. The maximum absolute atomic E-state index is 11.9. The minimum absolute atomic E-state index is 0.0486. The average Bonchev–Trinajstić information content (AvgIpc) is 2.39. The number of rotatable bonds is 4. The van der Waals surface area contributed by atoms with Gasteiger partial charge < -0.3 is 10.6 Å². The molecule has 1 amide bonds. The summed E-state index contributed by atoms with van der Waals surface area (Å²) in [7, 11) is 0. The van der Waals surface area contributed by atoms with Gasteiger partial charge in [0.05, 0.1) is 6.54 Å². The largest absolute Gasteiger partial charge is 0.325 e. The van der Waals surface area contributed by atoms with E-state index in [1.807, 2.05) is 31.2 Å². The molecule has 0 radical (unpaired) electrons. The Morgan fingerprint density at radius 2 is 2.11 bits per heavy atom. The van der Waals surface area contributed by atoms with Gasteiger partial charge in [0.1, 0.15) is 0 Å². The number of amides is 1. The van der Waals surface area contributed by atoms with Gasteiger partial charge in [0, 0.05) is 11.7 Å². The van der Waals surface area contributed by atoms with Crippen LogP contribution in [0, 0.1) is 12.8 Å². The molecule has 0 spiro atoms. The molecule has 2 atom stereocenters.